The van der Waals surface area contributed by atoms with Crippen LogP contribution in [0.25, 0.3) is 33.1 Å². The molecule has 0 unspecified atom stereocenters. The Hall–Kier alpha value is -6.00. The molecule has 2 aliphatic heterocycles. The molecule has 0 bridgehead atoms. The highest BCUT2D eigenvalue weighted by molar-refractivity contribution is 6.08. The molecule has 53 heavy (non-hydrogen) atoms. The van der Waals surface area contributed by atoms with Crippen molar-refractivity contribution in [3.8, 4) is 11.1 Å². The van der Waals surface area contributed by atoms with Gasteiger partial charge in [-0.2, -0.15) is 0 Å². The number of benzene rings is 5. The van der Waals surface area contributed by atoms with E-state index in [1.165, 1.54) is 39.3 Å². The molecule has 260 valence electrons. The highest BCUT2D eigenvalue weighted by atomic mass is 16.3. The Balaban J connectivity index is 1.18. The second kappa shape index (κ2) is 11.2. The molecule has 10 rings (SSSR count). The SMILES string of the molecule is C=CC1=C(/C=C\C)N(c2ccc3oc4c(c3c2)-c2c(oc3ccc(N5c6ccccc6C(C)(C)c6ccccc65)cc23)CC4)c2ccccc2C1(C)C. The van der Waals surface area contributed by atoms with Crippen molar-refractivity contribution in [1.82, 2.24) is 0 Å². The summed E-state index contributed by atoms with van der Waals surface area (Å²) >= 11 is 0. The zero-order valence-corrected chi connectivity index (χ0v) is 31.0. The fraction of sp³-hybridized carbons (Fsp3) is 0.184. The number of para-hydroxylation sites is 3. The second-order valence-corrected chi connectivity index (χ2v) is 15.6. The van der Waals surface area contributed by atoms with E-state index in [0.29, 0.717) is 0 Å². The number of hydrogen-bond donors (Lipinski definition) is 0. The van der Waals surface area contributed by atoms with Crippen LogP contribution in [0.15, 0.2) is 154 Å². The molecule has 3 aliphatic rings. The van der Waals surface area contributed by atoms with Crippen LogP contribution in [0.2, 0.25) is 0 Å². The van der Waals surface area contributed by atoms with Gasteiger partial charge in [0.05, 0.1) is 17.1 Å². The molecule has 0 fully saturated rings. The molecule has 0 N–H and O–H groups in total. The van der Waals surface area contributed by atoms with Crippen LogP contribution in [0.1, 0.15) is 62.8 Å². The van der Waals surface area contributed by atoms with Crippen LogP contribution in [-0.2, 0) is 23.7 Å². The fourth-order valence-electron chi connectivity index (χ4n) is 9.50. The van der Waals surface area contributed by atoms with E-state index in [-0.39, 0.29) is 10.8 Å². The van der Waals surface area contributed by atoms with E-state index < -0.39 is 0 Å². The summed E-state index contributed by atoms with van der Waals surface area (Å²) in [6.45, 7) is 15.6. The predicted molar refractivity (Wildman–Crippen MR) is 219 cm³/mol. The number of nitrogens with zero attached hydrogens (tertiary/aromatic N) is 2. The van der Waals surface area contributed by atoms with Crippen LogP contribution in [0.5, 0.6) is 0 Å². The first kappa shape index (κ1) is 31.7. The standard InChI is InChI=1S/C49H42N2O2/c1-7-15-38-34(8-2)48(3,4)35-16-9-12-19-39(35)50(38)30-22-24-42-32(28-30)46-44(52-42)26-27-45-47(46)33-29-31(23-25-43(33)53-45)51-40-20-13-10-17-36(40)49(5,6)37-18-11-14-21-41(37)51/h7-25,28-29H,2,26-27H2,1,3-6H3/b15-7-. The summed E-state index contributed by atoms with van der Waals surface area (Å²) in [4.78, 5) is 4.81. The molecule has 5 aromatic carbocycles. The highest BCUT2D eigenvalue weighted by Crippen LogP contribution is 2.54. The first-order chi connectivity index (χ1) is 25.7. The Kier molecular flexibility index (Phi) is 6.73. The van der Waals surface area contributed by atoms with E-state index in [4.69, 9.17) is 8.83 Å². The van der Waals surface area contributed by atoms with Gasteiger partial charge in [-0.3, -0.25) is 0 Å². The summed E-state index contributed by atoms with van der Waals surface area (Å²) in [5, 5.41) is 2.21. The average Bonchev–Trinajstić information content (AvgIpc) is 3.73. The minimum atomic E-state index is -0.198. The topological polar surface area (TPSA) is 32.8 Å². The molecule has 2 aromatic heterocycles. The summed E-state index contributed by atoms with van der Waals surface area (Å²) in [6.07, 6.45) is 7.96. The molecular weight excluding hydrogens is 649 g/mol. The van der Waals surface area contributed by atoms with Crippen molar-refractivity contribution in [2.24, 2.45) is 0 Å². The number of furan rings is 2. The van der Waals surface area contributed by atoms with Gasteiger partial charge in [0.1, 0.15) is 22.7 Å². The van der Waals surface area contributed by atoms with Crippen molar-refractivity contribution in [1.29, 1.82) is 0 Å². The molecule has 0 saturated carbocycles. The van der Waals surface area contributed by atoms with E-state index in [1.807, 2.05) is 6.08 Å². The summed E-state index contributed by atoms with van der Waals surface area (Å²) in [6, 6.07) is 39.7. The van der Waals surface area contributed by atoms with Gasteiger partial charge >= 0.3 is 0 Å². The maximum atomic E-state index is 6.68. The lowest BCUT2D eigenvalue weighted by Gasteiger charge is -2.42. The van der Waals surface area contributed by atoms with Gasteiger partial charge in [0.15, 0.2) is 0 Å². The molecule has 0 amide bonds. The summed E-state index contributed by atoms with van der Waals surface area (Å²) in [7, 11) is 0. The Morgan fingerprint density at radius 2 is 1.04 bits per heavy atom. The largest absolute Gasteiger partial charge is 0.460 e. The number of allylic oxidation sites excluding steroid dienone is 4. The van der Waals surface area contributed by atoms with Crippen LogP contribution in [0.3, 0.4) is 0 Å². The third kappa shape index (κ3) is 4.36. The van der Waals surface area contributed by atoms with E-state index in [2.05, 4.69) is 172 Å². The molecule has 0 radical (unpaired) electrons. The minimum Gasteiger partial charge on any atom is -0.460 e. The van der Waals surface area contributed by atoms with Gasteiger partial charge in [-0.15, -0.1) is 0 Å². The van der Waals surface area contributed by atoms with Crippen LogP contribution >= 0.6 is 0 Å². The van der Waals surface area contributed by atoms with Crippen molar-refractivity contribution in [3.05, 3.63) is 173 Å². The van der Waals surface area contributed by atoms with Crippen molar-refractivity contribution in [3.63, 3.8) is 0 Å². The van der Waals surface area contributed by atoms with Gasteiger partial charge in [0, 0.05) is 62.6 Å². The quantitative estimate of drug-likeness (QED) is 0.184. The zero-order chi connectivity index (χ0) is 36.2. The van der Waals surface area contributed by atoms with E-state index in [9.17, 15) is 0 Å². The lowest BCUT2D eigenvalue weighted by Crippen LogP contribution is -2.33. The lowest BCUT2D eigenvalue weighted by atomic mass is 9.73. The van der Waals surface area contributed by atoms with Crippen LogP contribution in [0.4, 0.5) is 28.4 Å². The summed E-state index contributed by atoms with van der Waals surface area (Å²) < 4.78 is 13.4. The van der Waals surface area contributed by atoms with Crippen LogP contribution in [-0.4, -0.2) is 0 Å². The van der Waals surface area contributed by atoms with Crippen LogP contribution < -0.4 is 9.80 Å². The molecule has 0 saturated heterocycles. The van der Waals surface area contributed by atoms with E-state index in [1.54, 1.807) is 0 Å². The van der Waals surface area contributed by atoms with Crippen molar-refractivity contribution >= 4 is 50.4 Å². The third-order valence-corrected chi connectivity index (χ3v) is 12.0. The lowest BCUT2D eigenvalue weighted by molar-refractivity contribution is 0.504. The first-order valence-corrected chi connectivity index (χ1v) is 18.7. The molecular formula is C49H42N2O2. The summed E-state index contributed by atoms with van der Waals surface area (Å²) in [5.74, 6) is 2.04. The zero-order valence-electron chi connectivity index (χ0n) is 31.0. The first-order valence-electron chi connectivity index (χ1n) is 18.7. The maximum absolute atomic E-state index is 6.68. The van der Waals surface area contributed by atoms with Gasteiger partial charge in [-0.05, 0) is 89.9 Å². The number of rotatable bonds is 4. The van der Waals surface area contributed by atoms with Crippen LogP contribution in [0, 0.1) is 0 Å². The molecule has 4 heterocycles. The summed E-state index contributed by atoms with van der Waals surface area (Å²) in [5.41, 5.74) is 15.8. The Labute approximate surface area is 311 Å². The predicted octanol–water partition coefficient (Wildman–Crippen LogP) is 13.5. The van der Waals surface area contributed by atoms with Gasteiger partial charge in [-0.25, -0.2) is 0 Å². The number of aryl methyl sites for hydroxylation is 2. The number of hydrogen-bond acceptors (Lipinski definition) is 4. The molecule has 4 heteroatoms. The van der Waals surface area contributed by atoms with Gasteiger partial charge in [0.25, 0.3) is 0 Å². The van der Waals surface area contributed by atoms with Crippen molar-refractivity contribution in [2.75, 3.05) is 9.80 Å². The minimum absolute atomic E-state index is 0.121. The van der Waals surface area contributed by atoms with Gasteiger partial charge in [0.2, 0.25) is 0 Å². The normalized spacial score (nSPS) is 16.8. The van der Waals surface area contributed by atoms with E-state index in [0.717, 1.165) is 74.5 Å². The molecule has 4 nitrogen and oxygen atoms in total. The molecule has 0 spiro atoms. The maximum Gasteiger partial charge on any atom is 0.135 e. The smallest absolute Gasteiger partial charge is 0.135 e. The molecule has 1 aliphatic carbocycles. The second-order valence-electron chi connectivity index (χ2n) is 15.6. The third-order valence-electron chi connectivity index (χ3n) is 12.0. The van der Waals surface area contributed by atoms with E-state index >= 15 is 0 Å². The average molecular weight is 691 g/mol. The molecule has 7 aromatic rings. The Morgan fingerprint density at radius 1 is 0.585 bits per heavy atom. The Bertz CT molecular complexity index is 2680. The van der Waals surface area contributed by atoms with Crippen molar-refractivity contribution < 1.29 is 8.83 Å². The van der Waals surface area contributed by atoms with Gasteiger partial charge in [-0.1, -0.05) is 101 Å². The van der Waals surface area contributed by atoms with Crippen molar-refractivity contribution in [2.45, 2.75) is 58.3 Å². The highest BCUT2D eigenvalue weighted by Gasteiger charge is 2.39. The molecule has 0 atom stereocenters. The Morgan fingerprint density at radius 3 is 1.53 bits per heavy atom. The fourth-order valence-corrected chi connectivity index (χ4v) is 9.50. The number of fused-ring (bicyclic) bond motifs is 10. The number of anilines is 5. The van der Waals surface area contributed by atoms with Gasteiger partial charge < -0.3 is 18.6 Å². The monoisotopic (exact) mass is 690 g/mol.